The van der Waals surface area contributed by atoms with Crippen LogP contribution in [0, 0.1) is 0 Å². The lowest BCUT2D eigenvalue weighted by Crippen LogP contribution is -2.31. The van der Waals surface area contributed by atoms with E-state index in [9.17, 15) is 15.0 Å². The molecule has 2 atom stereocenters. The number of hydrogen-bond acceptors (Lipinski definition) is 4. The highest BCUT2D eigenvalue weighted by molar-refractivity contribution is 6.08. The zero-order chi connectivity index (χ0) is 15.2. The molecule has 0 saturated carbocycles. The van der Waals surface area contributed by atoms with Crippen LogP contribution < -0.4 is 0 Å². The fourth-order valence-corrected chi connectivity index (χ4v) is 2.05. The van der Waals surface area contributed by atoms with E-state index in [1.807, 2.05) is 18.2 Å². The number of benzene rings is 2. The molecule has 0 aliphatic heterocycles. The van der Waals surface area contributed by atoms with Gasteiger partial charge in [0, 0.05) is 17.5 Å². The molecule has 4 heteroatoms. The third-order valence-electron chi connectivity index (χ3n) is 3.33. The van der Waals surface area contributed by atoms with Crippen molar-refractivity contribution in [3.05, 3.63) is 71.3 Å². The fraction of sp³-hybridized carbons (Fsp3) is 0.235. The number of carbonyl (C=O) groups is 1. The normalized spacial score (nSPS) is 13.7. The Morgan fingerprint density at radius 3 is 2.00 bits per heavy atom. The van der Waals surface area contributed by atoms with E-state index in [0.717, 1.165) is 5.56 Å². The second-order valence-electron chi connectivity index (χ2n) is 4.91. The quantitative estimate of drug-likeness (QED) is 0.697. The van der Waals surface area contributed by atoms with Gasteiger partial charge in [-0.1, -0.05) is 54.6 Å². The molecule has 0 aliphatic carbocycles. The van der Waals surface area contributed by atoms with Gasteiger partial charge in [0.25, 0.3) is 0 Å². The molecule has 0 aliphatic rings. The lowest BCUT2D eigenvalue weighted by molar-refractivity contribution is -0.0132. The lowest BCUT2D eigenvalue weighted by atomic mass is 9.99. The maximum absolute atomic E-state index is 12.2. The van der Waals surface area contributed by atoms with Crippen molar-refractivity contribution in [3.63, 3.8) is 0 Å². The van der Waals surface area contributed by atoms with Gasteiger partial charge >= 0.3 is 0 Å². The van der Waals surface area contributed by atoms with Gasteiger partial charge in [0.15, 0.2) is 5.78 Å². The van der Waals surface area contributed by atoms with Crippen LogP contribution in [0.1, 0.15) is 21.5 Å². The van der Waals surface area contributed by atoms with E-state index in [-0.39, 0.29) is 12.2 Å². The minimum Gasteiger partial charge on any atom is -0.394 e. The van der Waals surface area contributed by atoms with Crippen molar-refractivity contribution < 1.29 is 20.1 Å². The second kappa shape index (κ2) is 7.13. The zero-order valence-corrected chi connectivity index (χ0v) is 11.5. The highest BCUT2D eigenvalue weighted by atomic mass is 16.4. The summed E-state index contributed by atoms with van der Waals surface area (Å²) in [6.07, 6.45) is -1.96. The first-order valence-electron chi connectivity index (χ1n) is 6.77. The Morgan fingerprint density at radius 2 is 1.43 bits per heavy atom. The minimum atomic E-state index is -1.16. The van der Waals surface area contributed by atoms with Crippen LogP contribution in [0.15, 0.2) is 54.6 Å². The van der Waals surface area contributed by atoms with E-state index >= 15 is 0 Å². The van der Waals surface area contributed by atoms with Gasteiger partial charge in [0.2, 0.25) is 0 Å². The Bertz CT molecular complexity index is 577. The average molecular weight is 286 g/mol. The summed E-state index contributed by atoms with van der Waals surface area (Å²) in [6.45, 7) is -0.480. The Kier molecular flexibility index (Phi) is 5.22. The van der Waals surface area contributed by atoms with Gasteiger partial charge < -0.3 is 15.3 Å². The standard InChI is InChI=1S/C17H18O4/c18-11-16(20)15(19)10-12-6-8-14(9-7-12)17(21)13-4-2-1-3-5-13/h1-9,15-16,18-20H,10-11H2. The molecule has 0 heterocycles. The van der Waals surface area contributed by atoms with E-state index in [4.69, 9.17) is 5.11 Å². The highest BCUT2D eigenvalue weighted by Gasteiger charge is 2.16. The maximum atomic E-state index is 12.2. The minimum absolute atomic E-state index is 0.0573. The molecule has 0 radical (unpaired) electrons. The van der Waals surface area contributed by atoms with Crippen LogP contribution in [0.3, 0.4) is 0 Å². The molecule has 0 saturated heterocycles. The van der Waals surface area contributed by atoms with Gasteiger partial charge in [0.1, 0.15) is 6.10 Å². The van der Waals surface area contributed by atoms with Gasteiger partial charge in [0.05, 0.1) is 12.7 Å². The molecular weight excluding hydrogens is 268 g/mol. The van der Waals surface area contributed by atoms with Crippen LogP contribution in [0.2, 0.25) is 0 Å². The summed E-state index contributed by atoms with van der Waals surface area (Å²) in [7, 11) is 0. The molecule has 0 amide bonds. The first-order valence-corrected chi connectivity index (χ1v) is 6.77. The summed E-state index contributed by atoms with van der Waals surface area (Å²) in [4.78, 5) is 12.2. The van der Waals surface area contributed by atoms with Crippen molar-refractivity contribution in [2.75, 3.05) is 6.61 Å². The van der Waals surface area contributed by atoms with Gasteiger partial charge in [-0.25, -0.2) is 0 Å². The Labute approximate surface area is 123 Å². The first kappa shape index (κ1) is 15.4. The number of hydrogen-bond donors (Lipinski definition) is 3. The van der Waals surface area contributed by atoms with Crippen molar-refractivity contribution >= 4 is 5.78 Å². The molecule has 0 fully saturated rings. The van der Waals surface area contributed by atoms with Crippen LogP contribution in [-0.4, -0.2) is 39.9 Å². The molecule has 0 aromatic heterocycles. The summed E-state index contributed by atoms with van der Waals surface area (Å²) in [5.74, 6) is -0.0573. The van der Waals surface area contributed by atoms with Crippen molar-refractivity contribution in [3.8, 4) is 0 Å². The summed E-state index contributed by atoms with van der Waals surface area (Å²) in [5, 5.41) is 27.7. The van der Waals surface area contributed by atoms with Crippen molar-refractivity contribution in [1.29, 1.82) is 0 Å². The molecule has 3 N–H and O–H groups in total. The number of carbonyl (C=O) groups excluding carboxylic acids is 1. The number of aliphatic hydroxyl groups is 3. The van der Waals surface area contributed by atoms with Crippen LogP contribution in [0.5, 0.6) is 0 Å². The predicted octanol–water partition coefficient (Wildman–Crippen LogP) is 1.17. The van der Waals surface area contributed by atoms with Crippen LogP contribution in [-0.2, 0) is 6.42 Å². The third kappa shape index (κ3) is 3.98. The molecule has 21 heavy (non-hydrogen) atoms. The van der Waals surface area contributed by atoms with Crippen molar-refractivity contribution in [2.45, 2.75) is 18.6 Å². The molecule has 2 aromatic carbocycles. The average Bonchev–Trinajstić information content (AvgIpc) is 2.55. The van der Waals surface area contributed by atoms with Crippen molar-refractivity contribution in [1.82, 2.24) is 0 Å². The van der Waals surface area contributed by atoms with Gasteiger partial charge in [-0.15, -0.1) is 0 Å². The Morgan fingerprint density at radius 1 is 0.857 bits per heavy atom. The number of rotatable bonds is 6. The van der Waals surface area contributed by atoms with E-state index in [2.05, 4.69) is 0 Å². The van der Waals surface area contributed by atoms with E-state index in [0.29, 0.717) is 11.1 Å². The zero-order valence-electron chi connectivity index (χ0n) is 11.5. The molecule has 2 unspecified atom stereocenters. The molecule has 2 aromatic rings. The topological polar surface area (TPSA) is 77.8 Å². The molecule has 0 bridgehead atoms. The van der Waals surface area contributed by atoms with Gasteiger partial charge in [-0.05, 0) is 5.56 Å². The monoisotopic (exact) mass is 286 g/mol. The highest BCUT2D eigenvalue weighted by Crippen LogP contribution is 2.13. The predicted molar refractivity (Wildman–Crippen MR) is 79.1 cm³/mol. The SMILES string of the molecule is O=C(c1ccccc1)c1ccc(CC(O)C(O)CO)cc1. The lowest BCUT2D eigenvalue weighted by Gasteiger charge is -2.15. The summed E-state index contributed by atoms with van der Waals surface area (Å²) in [6, 6.07) is 15.9. The smallest absolute Gasteiger partial charge is 0.193 e. The van der Waals surface area contributed by atoms with Crippen LogP contribution in [0.25, 0.3) is 0 Å². The van der Waals surface area contributed by atoms with Crippen LogP contribution in [0.4, 0.5) is 0 Å². The Balaban J connectivity index is 2.07. The van der Waals surface area contributed by atoms with E-state index < -0.39 is 18.8 Å². The first-order chi connectivity index (χ1) is 10.1. The third-order valence-corrected chi connectivity index (χ3v) is 3.33. The summed E-state index contributed by atoms with van der Waals surface area (Å²) >= 11 is 0. The molecule has 4 nitrogen and oxygen atoms in total. The van der Waals surface area contributed by atoms with Gasteiger partial charge in [-0.3, -0.25) is 4.79 Å². The van der Waals surface area contributed by atoms with Crippen LogP contribution >= 0.6 is 0 Å². The largest absolute Gasteiger partial charge is 0.394 e. The number of aliphatic hydroxyl groups excluding tert-OH is 3. The second-order valence-corrected chi connectivity index (χ2v) is 4.91. The fourth-order valence-electron chi connectivity index (χ4n) is 2.05. The molecule has 0 spiro atoms. The summed E-state index contributed by atoms with van der Waals surface area (Å²) < 4.78 is 0. The maximum Gasteiger partial charge on any atom is 0.193 e. The van der Waals surface area contributed by atoms with Gasteiger partial charge in [-0.2, -0.15) is 0 Å². The summed E-state index contributed by atoms with van der Waals surface area (Å²) in [5.41, 5.74) is 1.99. The van der Waals surface area contributed by atoms with E-state index in [1.165, 1.54) is 0 Å². The van der Waals surface area contributed by atoms with E-state index in [1.54, 1.807) is 36.4 Å². The van der Waals surface area contributed by atoms with Crippen molar-refractivity contribution in [2.24, 2.45) is 0 Å². The Hall–Kier alpha value is -2.01. The molecular formula is C17H18O4. The molecule has 2 rings (SSSR count). The molecule has 110 valence electrons. The number of ketones is 1.